The number of nitrogens with two attached hydrogens (primary N) is 2. The van der Waals surface area contributed by atoms with Crippen molar-refractivity contribution in [3.8, 4) is 11.8 Å². The van der Waals surface area contributed by atoms with Crippen LogP contribution in [0.4, 0.5) is 22.0 Å². The lowest BCUT2D eigenvalue weighted by molar-refractivity contribution is -0.0443. The molecule has 1 unspecified atom stereocenters. The molecule has 3 aromatic carbocycles. The highest BCUT2D eigenvalue weighted by Crippen LogP contribution is 2.42. The molecule has 41 heavy (non-hydrogen) atoms. The van der Waals surface area contributed by atoms with Gasteiger partial charge >= 0.3 is 0 Å². The molecule has 4 N–H and O–H groups in total. The molecule has 0 radical (unpaired) electrons. The van der Waals surface area contributed by atoms with Crippen LogP contribution in [0.15, 0.2) is 90.2 Å². The minimum absolute atomic E-state index is 0.267. The van der Waals surface area contributed by atoms with E-state index in [1.54, 1.807) is 12.1 Å². The Labute approximate surface area is 234 Å². The van der Waals surface area contributed by atoms with Crippen molar-refractivity contribution in [2.45, 2.75) is 24.7 Å². The predicted octanol–water partition coefficient (Wildman–Crippen LogP) is 5.64. The van der Waals surface area contributed by atoms with Crippen LogP contribution in [-0.4, -0.2) is 22.9 Å². The van der Waals surface area contributed by atoms with E-state index in [2.05, 4.69) is 21.9 Å². The third-order valence-electron chi connectivity index (χ3n) is 6.41. The quantitative estimate of drug-likeness (QED) is 0.0690. The van der Waals surface area contributed by atoms with Crippen LogP contribution >= 0.6 is 0 Å². The molecule has 4 rings (SSSR count). The molecule has 5 nitrogen and oxygen atoms in total. The standard InChI is InChI=1S/C31H26F5N5/c32-25-12-9-23(10-13-25)6-5-21-1-3-22(4-2-21)7-8-24-11-16-30(39-18-24)31(35,36)28(19-41(38)20-40-37)27-15-14-26(33)17-29(27)34/h1-4,9-18,20,28H,5-6,19,37-38H2/b40-20-. The van der Waals surface area contributed by atoms with Crippen LogP contribution in [0.3, 0.4) is 0 Å². The van der Waals surface area contributed by atoms with Gasteiger partial charge in [-0.15, -0.1) is 0 Å². The molecule has 0 aliphatic carbocycles. The molecule has 210 valence electrons. The molecule has 0 fully saturated rings. The second kappa shape index (κ2) is 13.1. The maximum Gasteiger partial charge on any atom is 0.298 e. The molecule has 0 saturated heterocycles. The van der Waals surface area contributed by atoms with Crippen LogP contribution < -0.4 is 11.7 Å². The van der Waals surface area contributed by atoms with Gasteiger partial charge < -0.3 is 5.84 Å². The van der Waals surface area contributed by atoms with Crippen LogP contribution in [0.25, 0.3) is 0 Å². The van der Waals surface area contributed by atoms with Crippen LogP contribution in [0.2, 0.25) is 0 Å². The van der Waals surface area contributed by atoms with Gasteiger partial charge in [0.25, 0.3) is 5.92 Å². The summed E-state index contributed by atoms with van der Waals surface area (Å²) in [5.41, 5.74) is 2.17. The summed E-state index contributed by atoms with van der Waals surface area (Å²) in [5, 5.41) is 3.98. The molecule has 0 aliphatic rings. The number of aromatic nitrogens is 1. The fourth-order valence-corrected chi connectivity index (χ4v) is 4.22. The molecule has 0 amide bonds. The van der Waals surface area contributed by atoms with Gasteiger partial charge in [0.1, 0.15) is 29.5 Å². The van der Waals surface area contributed by atoms with Crippen LogP contribution in [0.1, 0.15) is 39.4 Å². The second-order valence-corrected chi connectivity index (χ2v) is 9.31. The highest BCUT2D eigenvalue weighted by Gasteiger charge is 2.45. The van der Waals surface area contributed by atoms with Crippen molar-refractivity contribution in [1.82, 2.24) is 9.99 Å². The number of rotatable bonds is 9. The summed E-state index contributed by atoms with van der Waals surface area (Å²) in [5.74, 6) is 8.75. The van der Waals surface area contributed by atoms with E-state index in [1.165, 1.54) is 24.4 Å². The Balaban J connectivity index is 1.47. The Morgan fingerprint density at radius 2 is 1.41 bits per heavy atom. The zero-order valence-electron chi connectivity index (χ0n) is 21.7. The zero-order valence-corrected chi connectivity index (χ0v) is 21.7. The van der Waals surface area contributed by atoms with Gasteiger partial charge in [-0.05, 0) is 72.0 Å². The molecule has 0 spiro atoms. The number of pyridine rings is 1. The first kappa shape index (κ1) is 29.2. The van der Waals surface area contributed by atoms with Crippen molar-refractivity contribution in [2.75, 3.05) is 6.54 Å². The van der Waals surface area contributed by atoms with Gasteiger partial charge in [0, 0.05) is 29.9 Å². The largest absolute Gasteiger partial charge is 0.322 e. The number of hydrogen-bond donors (Lipinski definition) is 2. The molecule has 1 aromatic heterocycles. The maximum atomic E-state index is 15.7. The van der Waals surface area contributed by atoms with E-state index < -0.39 is 41.3 Å². The van der Waals surface area contributed by atoms with Crippen molar-refractivity contribution in [3.05, 3.63) is 136 Å². The Kier molecular flexibility index (Phi) is 9.32. The fraction of sp³-hybridized carbons (Fsp3) is 0.161. The lowest BCUT2D eigenvalue weighted by Gasteiger charge is -2.29. The SMILES string of the molecule is N/N=C\N(N)CC(c1ccc(F)cc1F)C(F)(F)c1ccc(C#Cc2ccc(CCc3ccc(F)cc3)cc2)cn1. The number of benzene rings is 3. The highest BCUT2D eigenvalue weighted by atomic mass is 19.3. The maximum absolute atomic E-state index is 15.7. The molecule has 0 bridgehead atoms. The zero-order chi connectivity index (χ0) is 29.4. The number of halogens is 5. The molecular weight excluding hydrogens is 537 g/mol. The topological polar surface area (TPSA) is 80.5 Å². The first-order valence-corrected chi connectivity index (χ1v) is 12.5. The van der Waals surface area contributed by atoms with E-state index >= 15 is 8.78 Å². The lowest BCUT2D eigenvalue weighted by atomic mass is 9.89. The smallest absolute Gasteiger partial charge is 0.298 e. The van der Waals surface area contributed by atoms with Crippen molar-refractivity contribution in [1.29, 1.82) is 0 Å². The van der Waals surface area contributed by atoms with E-state index in [1.807, 2.05) is 24.3 Å². The third-order valence-corrected chi connectivity index (χ3v) is 6.41. The fourth-order valence-electron chi connectivity index (χ4n) is 4.22. The second-order valence-electron chi connectivity index (χ2n) is 9.31. The Bertz CT molecular complexity index is 1540. The number of aryl methyl sites for hydroxylation is 2. The first-order valence-electron chi connectivity index (χ1n) is 12.5. The van der Waals surface area contributed by atoms with Gasteiger partial charge in [-0.25, -0.2) is 19.0 Å². The summed E-state index contributed by atoms with van der Waals surface area (Å²) in [4.78, 5) is 3.89. The van der Waals surface area contributed by atoms with Crippen molar-refractivity contribution >= 4 is 6.34 Å². The van der Waals surface area contributed by atoms with Gasteiger partial charge in [-0.2, -0.15) is 13.9 Å². The van der Waals surface area contributed by atoms with E-state index in [9.17, 15) is 13.2 Å². The normalized spacial score (nSPS) is 12.1. The number of hydrogen-bond acceptors (Lipinski definition) is 4. The van der Waals surface area contributed by atoms with Gasteiger partial charge in [0.05, 0.1) is 5.92 Å². The van der Waals surface area contributed by atoms with Crippen LogP contribution in [0, 0.1) is 29.3 Å². The van der Waals surface area contributed by atoms with Crippen LogP contribution in [-0.2, 0) is 18.8 Å². The third kappa shape index (κ3) is 7.68. The summed E-state index contributed by atoms with van der Waals surface area (Å²) in [6.07, 6.45) is 3.66. The average molecular weight is 564 g/mol. The monoisotopic (exact) mass is 563 g/mol. The lowest BCUT2D eigenvalue weighted by Crippen LogP contribution is -2.40. The Morgan fingerprint density at radius 1 is 0.829 bits per heavy atom. The van der Waals surface area contributed by atoms with Crippen LogP contribution in [0.5, 0.6) is 0 Å². The van der Waals surface area contributed by atoms with Gasteiger partial charge in [0.2, 0.25) is 0 Å². The van der Waals surface area contributed by atoms with E-state index in [-0.39, 0.29) is 5.82 Å². The van der Waals surface area contributed by atoms with E-state index in [0.29, 0.717) is 11.6 Å². The van der Waals surface area contributed by atoms with Crippen molar-refractivity contribution in [3.63, 3.8) is 0 Å². The molecule has 4 aromatic rings. The summed E-state index contributed by atoms with van der Waals surface area (Å²) >= 11 is 0. The van der Waals surface area contributed by atoms with Gasteiger partial charge in [-0.3, -0.25) is 9.99 Å². The molecule has 0 saturated carbocycles. The Hall–Kier alpha value is -4.75. The van der Waals surface area contributed by atoms with E-state index in [0.717, 1.165) is 59.1 Å². The molecule has 1 heterocycles. The van der Waals surface area contributed by atoms with Crippen molar-refractivity contribution in [2.24, 2.45) is 16.8 Å². The predicted molar refractivity (Wildman–Crippen MR) is 147 cm³/mol. The summed E-state index contributed by atoms with van der Waals surface area (Å²) < 4.78 is 72.4. The summed E-state index contributed by atoms with van der Waals surface area (Å²) in [6, 6.07) is 18.9. The summed E-state index contributed by atoms with van der Waals surface area (Å²) in [7, 11) is 0. The Morgan fingerprint density at radius 3 is 2.00 bits per heavy atom. The van der Waals surface area contributed by atoms with E-state index in [4.69, 9.17) is 11.7 Å². The molecule has 10 heteroatoms. The number of hydrazine groups is 1. The minimum atomic E-state index is -3.70. The molecule has 0 aliphatic heterocycles. The molecular formula is C31H26F5N5. The average Bonchev–Trinajstić information content (AvgIpc) is 2.96. The highest BCUT2D eigenvalue weighted by molar-refractivity contribution is 5.53. The number of hydrazone groups is 1. The number of nitrogens with zero attached hydrogens (tertiary/aromatic N) is 3. The summed E-state index contributed by atoms with van der Waals surface area (Å²) in [6.45, 7) is -0.584. The van der Waals surface area contributed by atoms with Gasteiger partial charge in [0.15, 0.2) is 0 Å². The minimum Gasteiger partial charge on any atom is -0.322 e. The number of alkyl halides is 2. The van der Waals surface area contributed by atoms with Crippen molar-refractivity contribution < 1.29 is 22.0 Å². The first-order chi connectivity index (χ1) is 19.7. The van der Waals surface area contributed by atoms with Gasteiger partial charge in [-0.1, -0.05) is 42.2 Å². The molecule has 1 atom stereocenters.